The minimum absolute atomic E-state index is 0.0555. The molecule has 0 atom stereocenters. The van der Waals surface area contributed by atoms with Crippen LogP contribution in [0.15, 0.2) is 91.4 Å². The van der Waals surface area contributed by atoms with Crippen molar-refractivity contribution in [1.29, 1.82) is 0 Å². The van der Waals surface area contributed by atoms with Crippen molar-refractivity contribution in [3.63, 3.8) is 0 Å². The molecule has 0 aliphatic carbocycles. The highest BCUT2D eigenvalue weighted by Gasteiger charge is 2.26. The van der Waals surface area contributed by atoms with Crippen LogP contribution in [0.25, 0.3) is 50.6 Å². The van der Waals surface area contributed by atoms with Gasteiger partial charge in [0.15, 0.2) is 0 Å². The second kappa shape index (κ2) is 9.90. The van der Waals surface area contributed by atoms with Crippen LogP contribution in [0.3, 0.4) is 0 Å². The van der Waals surface area contributed by atoms with E-state index in [0.29, 0.717) is 17.8 Å². The number of hydrogen-bond donors (Lipinski definition) is 0. The smallest absolute Gasteiger partial charge is 0.240 e. The molecule has 7 aromatic rings. The van der Waals surface area contributed by atoms with Gasteiger partial charge in [0.25, 0.3) is 0 Å². The highest BCUT2D eigenvalue weighted by Crippen LogP contribution is 2.36. The van der Waals surface area contributed by atoms with Gasteiger partial charge in [-0.25, -0.2) is 0 Å². The van der Waals surface area contributed by atoms with E-state index in [9.17, 15) is 0 Å². The highest BCUT2D eigenvalue weighted by atomic mass is 15.3. The molecule has 0 radical (unpaired) electrons. The van der Waals surface area contributed by atoms with Gasteiger partial charge in [-0.05, 0) is 51.1 Å². The Morgan fingerprint density at radius 1 is 0.378 bits per heavy atom. The van der Waals surface area contributed by atoms with Crippen LogP contribution in [0, 0.1) is 0 Å². The first-order valence-electron chi connectivity index (χ1n) is 15.8. The Morgan fingerprint density at radius 2 is 0.622 bits per heavy atom. The Bertz CT molecular complexity index is 1960. The van der Waals surface area contributed by atoms with Crippen LogP contribution in [-0.2, 0) is 16.2 Å². The molecule has 6 heteroatoms. The lowest BCUT2D eigenvalue weighted by Gasteiger charge is -2.17. The van der Waals surface area contributed by atoms with Gasteiger partial charge in [-0.15, -0.1) is 0 Å². The fourth-order valence-corrected chi connectivity index (χ4v) is 6.49. The van der Waals surface area contributed by atoms with E-state index in [0.717, 1.165) is 16.6 Å². The molecular formula is C39H42N6. The first-order valence-corrected chi connectivity index (χ1v) is 15.8. The summed E-state index contributed by atoms with van der Waals surface area (Å²) in [5, 5.41) is 3.61. The zero-order chi connectivity index (χ0) is 31.9. The number of nitrogens with zero attached hydrogens (tertiary/aromatic N) is 6. The number of para-hydroxylation sites is 3. The molecule has 0 spiro atoms. The lowest BCUT2D eigenvalue weighted by atomic mass is 9.87. The standard InChI is InChI=1S/C39H42N6/c1-37(2,3)28-22-43(31-19-13-10-16-25(28)31)34-40-35(44-23-29(38(4,5)6)26-17-11-14-20-32(26)44)42-36(41-34)45-24-30(39(7,8)9)27-18-12-15-21-33(27)45/h10-24H,1-9H3. The Kier molecular flexibility index (Phi) is 6.38. The average Bonchev–Trinajstić information content (AvgIpc) is 3.68. The molecule has 6 nitrogen and oxygen atoms in total. The Hall–Kier alpha value is -4.71. The van der Waals surface area contributed by atoms with Crippen LogP contribution in [0.5, 0.6) is 0 Å². The topological polar surface area (TPSA) is 53.5 Å². The normalized spacial score (nSPS) is 13.0. The first-order chi connectivity index (χ1) is 21.2. The Balaban J connectivity index is 1.57. The third kappa shape index (κ3) is 4.84. The molecule has 0 unspecified atom stereocenters. The maximum atomic E-state index is 5.22. The van der Waals surface area contributed by atoms with Crippen molar-refractivity contribution in [2.45, 2.75) is 78.6 Å². The fourth-order valence-electron chi connectivity index (χ4n) is 6.49. The van der Waals surface area contributed by atoms with Crippen LogP contribution < -0.4 is 0 Å². The molecule has 4 aromatic heterocycles. The summed E-state index contributed by atoms with van der Waals surface area (Å²) >= 11 is 0. The first kappa shape index (κ1) is 29.0. The fraction of sp³-hybridized carbons (Fsp3) is 0.308. The highest BCUT2D eigenvalue weighted by molar-refractivity contribution is 5.88. The van der Waals surface area contributed by atoms with E-state index in [1.165, 1.54) is 32.8 Å². The maximum absolute atomic E-state index is 5.22. The van der Waals surface area contributed by atoms with Gasteiger partial charge >= 0.3 is 0 Å². The van der Waals surface area contributed by atoms with E-state index in [-0.39, 0.29) is 16.2 Å². The minimum atomic E-state index is -0.0555. The molecule has 0 bridgehead atoms. The molecule has 0 aliphatic rings. The molecular weight excluding hydrogens is 552 g/mol. The zero-order valence-electron chi connectivity index (χ0n) is 27.8. The van der Waals surface area contributed by atoms with Gasteiger partial charge in [0.05, 0.1) is 16.6 Å². The summed E-state index contributed by atoms with van der Waals surface area (Å²) in [5.74, 6) is 1.77. The molecule has 45 heavy (non-hydrogen) atoms. The summed E-state index contributed by atoms with van der Waals surface area (Å²) in [5.41, 5.74) is 6.82. The quantitative estimate of drug-likeness (QED) is 0.205. The summed E-state index contributed by atoms with van der Waals surface area (Å²) in [6.45, 7) is 20.3. The maximum Gasteiger partial charge on any atom is 0.240 e. The number of fused-ring (bicyclic) bond motifs is 3. The SMILES string of the molecule is CC(C)(C)c1cn(-c2nc(-n3cc(C(C)(C)C)c4ccccc43)nc(-n3cc(C(C)(C)C)c4ccccc43)n2)c2ccccc12. The molecule has 7 rings (SSSR count). The molecule has 3 aromatic carbocycles. The summed E-state index contributed by atoms with van der Waals surface area (Å²) in [4.78, 5) is 15.6. The van der Waals surface area contributed by atoms with E-state index in [2.05, 4.69) is 167 Å². The van der Waals surface area contributed by atoms with Crippen molar-refractivity contribution in [2.24, 2.45) is 0 Å². The number of aromatic nitrogens is 6. The van der Waals surface area contributed by atoms with Crippen molar-refractivity contribution in [1.82, 2.24) is 28.7 Å². The molecule has 228 valence electrons. The number of benzene rings is 3. The van der Waals surface area contributed by atoms with E-state index in [1.807, 2.05) is 0 Å². The monoisotopic (exact) mass is 594 g/mol. The van der Waals surface area contributed by atoms with E-state index < -0.39 is 0 Å². The second-order valence-electron chi connectivity index (χ2n) is 15.3. The lowest BCUT2D eigenvalue weighted by molar-refractivity contribution is 0.593. The Labute approximate surface area is 265 Å². The van der Waals surface area contributed by atoms with Crippen LogP contribution in [-0.4, -0.2) is 28.7 Å². The largest absolute Gasteiger partial charge is 0.285 e. The van der Waals surface area contributed by atoms with Gasteiger partial charge in [-0.3, -0.25) is 13.7 Å². The van der Waals surface area contributed by atoms with Gasteiger partial charge < -0.3 is 0 Å². The van der Waals surface area contributed by atoms with Crippen LogP contribution >= 0.6 is 0 Å². The predicted molar refractivity (Wildman–Crippen MR) is 186 cm³/mol. The predicted octanol–water partition coefficient (Wildman–Crippen LogP) is 9.60. The van der Waals surface area contributed by atoms with Crippen LogP contribution in [0.1, 0.15) is 79.0 Å². The number of hydrogen-bond acceptors (Lipinski definition) is 3. The molecule has 0 saturated carbocycles. The zero-order valence-corrected chi connectivity index (χ0v) is 27.8. The van der Waals surface area contributed by atoms with E-state index in [4.69, 9.17) is 15.0 Å². The van der Waals surface area contributed by atoms with Gasteiger partial charge in [0.1, 0.15) is 0 Å². The van der Waals surface area contributed by atoms with Crippen molar-refractivity contribution >= 4 is 32.7 Å². The molecule has 4 heterocycles. The van der Waals surface area contributed by atoms with Crippen LogP contribution in [0.2, 0.25) is 0 Å². The second-order valence-corrected chi connectivity index (χ2v) is 15.3. The van der Waals surface area contributed by atoms with Crippen molar-refractivity contribution < 1.29 is 0 Å². The summed E-state index contributed by atoms with van der Waals surface area (Å²) in [7, 11) is 0. The summed E-state index contributed by atoms with van der Waals surface area (Å²) in [6.07, 6.45) is 6.61. The van der Waals surface area contributed by atoms with Gasteiger partial charge in [-0.2, -0.15) is 15.0 Å². The molecule has 0 fully saturated rings. The lowest BCUT2D eigenvalue weighted by Crippen LogP contribution is -2.14. The van der Waals surface area contributed by atoms with E-state index >= 15 is 0 Å². The van der Waals surface area contributed by atoms with Crippen molar-refractivity contribution in [2.75, 3.05) is 0 Å². The van der Waals surface area contributed by atoms with E-state index in [1.54, 1.807) is 0 Å². The summed E-state index contributed by atoms with van der Waals surface area (Å²) in [6, 6.07) is 25.6. The van der Waals surface area contributed by atoms with Gasteiger partial charge in [0.2, 0.25) is 17.8 Å². The molecule has 0 saturated heterocycles. The van der Waals surface area contributed by atoms with Gasteiger partial charge in [0, 0.05) is 34.7 Å². The minimum Gasteiger partial charge on any atom is -0.285 e. The van der Waals surface area contributed by atoms with Crippen molar-refractivity contribution in [3.8, 4) is 17.8 Å². The third-order valence-electron chi connectivity index (χ3n) is 8.81. The number of rotatable bonds is 3. The molecule has 0 aliphatic heterocycles. The molecule has 0 N–H and O–H groups in total. The van der Waals surface area contributed by atoms with Crippen molar-refractivity contribution in [3.05, 3.63) is 108 Å². The Morgan fingerprint density at radius 3 is 0.867 bits per heavy atom. The van der Waals surface area contributed by atoms with Crippen LogP contribution in [0.4, 0.5) is 0 Å². The summed E-state index contributed by atoms with van der Waals surface area (Å²) < 4.78 is 6.41. The average molecular weight is 595 g/mol. The third-order valence-corrected chi connectivity index (χ3v) is 8.81. The molecule has 0 amide bonds. The van der Waals surface area contributed by atoms with Gasteiger partial charge in [-0.1, -0.05) is 117 Å².